The van der Waals surface area contributed by atoms with E-state index in [9.17, 15) is 9.18 Å². The van der Waals surface area contributed by atoms with Gasteiger partial charge in [0.1, 0.15) is 24.2 Å². The average Bonchev–Trinajstić information content (AvgIpc) is 2.74. The number of nitrogens with zero attached hydrogens (tertiary/aromatic N) is 3. The lowest BCUT2D eigenvalue weighted by molar-refractivity contribution is -0.128. The number of nitrogens with one attached hydrogen (secondary N) is 2. The zero-order valence-electron chi connectivity index (χ0n) is 18.2. The summed E-state index contributed by atoms with van der Waals surface area (Å²) in [7, 11) is 1.76. The Balaban J connectivity index is 0.00000480. The summed E-state index contributed by atoms with van der Waals surface area (Å²) in [6.45, 7) is 5.55. The van der Waals surface area contributed by atoms with E-state index in [1.54, 1.807) is 30.3 Å². The summed E-state index contributed by atoms with van der Waals surface area (Å²) in [4.78, 5) is 22.6. The molecular weight excluding hydrogens is 512 g/mol. The first kappa shape index (κ1) is 26.6. The summed E-state index contributed by atoms with van der Waals surface area (Å²) in [5.41, 5.74) is 0.947. The molecule has 9 heteroatoms. The smallest absolute Gasteiger partial charge is 0.244 e. The Kier molecular flexibility index (Phi) is 12.5. The molecule has 1 heterocycles. The Morgan fingerprint density at radius 3 is 2.74 bits per heavy atom. The predicted octanol–water partition coefficient (Wildman–Crippen LogP) is 2.86. The monoisotopic (exact) mass is 543 g/mol. The molecule has 0 radical (unpaired) electrons. The fraction of sp³-hybridized carbons (Fsp3) is 0.409. The highest BCUT2D eigenvalue weighted by Gasteiger charge is 2.10. The molecule has 2 N–H and O–H groups in total. The molecule has 170 valence electrons. The second kappa shape index (κ2) is 14.6. The average molecular weight is 543 g/mol. The number of carbonyl (C=O) groups excluding carboxylic acids is 1. The first-order valence-corrected chi connectivity index (χ1v) is 10.1. The Labute approximate surface area is 200 Å². The summed E-state index contributed by atoms with van der Waals surface area (Å²) in [5.74, 6) is 0.579. The van der Waals surface area contributed by atoms with Crippen LogP contribution >= 0.6 is 24.0 Å². The van der Waals surface area contributed by atoms with Crippen LogP contribution < -0.4 is 15.4 Å². The zero-order chi connectivity index (χ0) is 21.8. The summed E-state index contributed by atoms with van der Waals surface area (Å²) in [5, 5.41) is 6.25. The van der Waals surface area contributed by atoms with Gasteiger partial charge in [0, 0.05) is 44.5 Å². The van der Waals surface area contributed by atoms with Crippen molar-refractivity contribution < 1.29 is 13.9 Å². The van der Waals surface area contributed by atoms with Gasteiger partial charge in [-0.3, -0.25) is 9.78 Å². The molecule has 0 bridgehead atoms. The van der Waals surface area contributed by atoms with Crippen molar-refractivity contribution in [1.82, 2.24) is 20.5 Å². The number of pyridine rings is 1. The van der Waals surface area contributed by atoms with E-state index < -0.39 is 0 Å². The van der Waals surface area contributed by atoms with Crippen LogP contribution in [0.25, 0.3) is 0 Å². The van der Waals surface area contributed by atoms with Gasteiger partial charge in [0.05, 0.1) is 6.54 Å². The van der Waals surface area contributed by atoms with Crippen molar-refractivity contribution >= 4 is 35.8 Å². The zero-order valence-corrected chi connectivity index (χ0v) is 20.5. The number of rotatable bonds is 10. The van der Waals surface area contributed by atoms with Crippen molar-refractivity contribution in [1.29, 1.82) is 0 Å². The van der Waals surface area contributed by atoms with E-state index in [1.807, 2.05) is 32.0 Å². The van der Waals surface area contributed by atoms with Crippen LogP contribution in [0.3, 0.4) is 0 Å². The molecule has 0 fully saturated rings. The lowest BCUT2D eigenvalue weighted by Crippen LogP contribution is -2.42. The summed E-state index contributed by atoms with van der Waals surface area (Å²) in [6, 6.07) is 11.8. The third-order valence-electron chi connectivity index (χ3n) is 4.26. The number of amides is 1. The lowest BCUT2D eigenvalue weighted by Gasteiger charge is -2.19. The van der Waals surface area contributed by atoms with Crippen LogP contribution in [0.5, 0.6) is 5.75 Å². The number of aliphatic imine (C=N–C) groups is 1. The van der Waals surface area contributed by atoms with E-state index in [0.29, 0.717) is 37.8 Å². The van der Waals surface area contributed by atoms with Crippen molar-refractivity contribution in [3.8, 4) is 5.75 Å². The molecule has 1 atom stereocenters. The van der Waals surface area contributed by atoms with Crippen LogP contribution in [-0.4, -0.2) is 61.1 Å². The number of hydrogen-bond acceptors (Lipinski definition) is 4. The van der Waals surface area contributed by atoms with Gasteiger partial charge in [0.15, 0.2) is 5.96 Å². The molecule has 2 aromatic rings. The van der Waals surface area contributed by atoms with Crippen LogP contribution in [0.2, 0.25) is 0 Å². The van der Waals surface area contributed by atoms with E-state index in [2.05, 4.69) is 20.6 Å². The van der Waals surface area contributed by atoms with Crippen LogP contribution in [0, 0.1) is 5.82 Å². The first-order chi connectivity index (χ1) is 14.5. The van der Waals surface area contributed by atoms with E-state index in [4.69, 9.17) is 4.74 Å². The largest absolute Gasteiger partial charge is 0.489 e. The molecule has 0 saturated carbocycles. The van der Waals surface area contributed by atoms with Crippen molar-refractivity contribution in [3.05, 3.63) is 60.2 Å². The lowest BCUT2D eigenvalue weighted by atomic mass is 10.2. The highest BCUT2D eigenvalue weighted by atomic mass is 127. The number of carbonyl (C=O) groups is 1. The quantitative estimate of drug-likeness (QED) is 0.274. The fourth-order valence-electron chi connectivity index (χ4n) is 2.62. The second-order valence-electron chi connectivity index (χ2n) is 6.85. The van der Waals surface area contributed by atoms with Crippen molar-refractivity contribution in [2.75, 3.05) is 33.2 Å². The third-order valence-corrected chi connectivity index (χ3v) is 4.26. The predicted molar refractivity (Wildman–Crippen MR) is 131 cm³/mol. The summed E-state index contributed by atoms with van der Waals surface area (Å²) in [6.07, 6.45) is 2.22. The van der Waals surface area contributed by atoms with Crippen molar-refractivity contribution in [2.24, 2.45) is 4.99 Å². The molecule has 0 aliphatic heterocycles. The van der Waals surface area contributed by atoms with Crippen LogP contribution in [0.15, 0.2) is 53.7 Å². The maximum absolute atomic E-state index is 13.3. The van der Waals surface area contributed by atoms with Gasteiger partial charge in [-0.05, 0) is 38.1 Å². The number of halogens is 2. The maximum Gasteiger partial charge on any atom is 0.244 e. The first-order valence-electron chi connectivity index (χ1n) is 10.1. The van der Waals surface area contributed by atoms with E-state index >= 15 is 0 Å². The van der Waals surface area contributed by atoms with Gasteiger partial charge in [-0.25, -0.2) is 9.38 Å². The third kappa shape index (κ3) is 10.4. The van der Waals surface area contributed by atoms with Gasteiger partial charge in [0.2, 0.25) is 5.91 Å². The minimum atomic E-state index is -0.340. The Hall–Kier alpha value is -2.43. The summed E-state index contributed by atoms with van der Waals surface area (Å²) >= 11 is 0. The number of guanidine groups is 1. The topological polar surface area (TPSA) is 78.9 Å². The van der Waals surface area contributed by atoms with Crippen LogP contribution in [0.4, 0.5) is 4.39 Å². The van der Waals surface area contributed by atoms with Crippen LogP contribution in [0.1, 0.15) is 19.5 Å². The Morgan fingerprint density at radius 2 is 2.06 bits per heavy atom. The van der Waals surface area contributed by atoms with Crippen molar-refractivity contribution in [3.63, 3.8) is 0 Å². The molecular formula is C22H31FIN5O2. The number of benzene rings is 1. The van der Waals surface area contributed by atoms with E-state index in [1.165, 1.54) is 12.1 Å². The van der Waals surface area contributed by atoms with Gasteiger partial charge in [-0.1, -0.05) is 12.1 Å². The van der Waals surface area contributed by atoms with Gasteiger partial charge in [0.25, 0.3) is 0 Å². The minimum Gasteiger partial charge on any atom is -0.489 e. The fourth-order valence-corrected chi connectivity index (χ4v) is 2.62. The molecule has 1 aromatic carbocycles. The minimum absolute atomic E-state index is 0. The SMILES string of the molecule is CCNC(=NCC(=O)N(C)CCc1ccccn1)NCC(C)Oc1cccc(F)c1.I. The van der Waals surface area contributed by atoms with Gasteiger partial charge in [-0.2, -0.15) is 0 Å². The highest BCUT2D eigenvalue weighted by molar-refractivity contribution is 14.0. The number of hydrogen-bond donors (Lipinski definition) is 2. The molecule has 1 unspecified atom stereocenters. The Bertz CT molecular complexity index is 823. The molecule has 0 aliphatic rings. The molecule has 31 heavy (non-hydrogen) atoms. The van der Waals surface area contributed by atoms with E-state index in [-0.39, 0.29) is 48.3 Å². The molecule has 0 spiro atoms. The highest BCUT2D eigenvalue weighted by Crippen LogP contribution is 2.13. The normalized spacial score (nSPS) is 11.8. The number of aromatic nitrogens is 1. The standard InChI is InChI=1S/C22H30FN5O2.HI/c1-4-24-22(26-15-17(2)30-20-10-7-8-18(23)14-20)27-16-21(29)28(3)13-11-19-9-5-6-12-25-19;/h5-10,12,14,17H,4,11,13,15-16H2,1-3H3,(H2,24,26,27);1H. The van der Waals surface area contributed by atoms with Crippen LogP contribution in [-0.2, 0) is 11.2 Å². The molecule has 2 rings (SSSR count). The molecule has 0 saturated heterocycles. The van der Waals surface area contributed by atoms with E-state index in [0.717, 1.165) is 5.69 Å². The number of likely N-dealkylation sites (N-methyl/N-ethyl adjacent to an activating group) is 1. The van der Waals surface area contributed by atoms with Gasteiger partial charge in [-0.15, -0.1) is 24.0 Å². The maximum atomic E-state index is 13.3. The summed E-state index contributed by atoms with van der Waals surface area (Å²) < 4.78 is 19.0. The number of ether oxygens (including phenoxy) is 1. The Morgan fingerprint density at radius 1 is 1.26 bits per heavy atom. The molecule has 0 aliphatic carbocycles. The van der Waals surface area contributed by atoms with Crippen molar-refractivity contribution in [2.45, 2.75) is 26.4 Å². The molecule has 1 aromatic heterocycles. The van der Waals surface area contributed by atoms with Gasteiger partial charge >= 0.3 is 0 Å². The molecule has 1 amide bonds. The van der Waals surface area contributed by atoms with Gasteiger partial charge < -0.3 is 20.3 Å². The molecule has 7 nitrogen and oxygen atoms in total. The second-order valence-corrected chi connectivity index (χ2v) is 6.85.